The van der Waals surface area contributed by atoms with E-state index >= 15 is 0 Å². The minimum atomic E-state index is 1.15. The van der Waals surface area contributed by atoms with Crippen molar-refractivity contribution in [1.82, 2.24) is 0 Å². The monoisotopic (exact) mass is 223 g/mol. The molecule has 1 rings (SSSR count). The Labute approximate surface area is 102 Å². The van der Waals surface area contributed by atoms with Crippen molar-refractivity contribution in [2.75, 3.05) is 7.05 Å². The third kappa shape index (κ3) is 6.60. The van der Waals surface area contributed by atoms with Crippen LogP contribution in [0.4, 0.5) is 0 Å². The summed E-state index contributed by atoms with van der Waals surface area (Å²) >= 11 is 0. The van der Waals surface area contributed by atoms with Crippen molar-refractivity contribution in [3.63, 3.8) is 0 Å². The van der Waals surface area contributed by atoms with Gasteiger partial charge in [-0.2, -0.15) is 0 Å². The van der Waals surface area contributed by atoms with Gasteiger partial charge in [-0.05, 0) is 37.3 Å². The highest BCUT2D eigenvalue weighted by molar-refractivity contribution is 6.02. The second kappa shape index (κ2) is 12.2. The lowest BCUT2D eigenvalue weighted by Crippen LogP contribution is -1.94. The molecule has 1 nitrogen and oxygen atoms in total. The zero-order valence-electron chi connectivity index (χ0n) is 12.1. The van der Waals surface area contributed by atoms with E-state index < -0.39 is 0 Å². The third-order valence-electron chi connectivity index (χ3n) is 2.24. The Kier molecular flexibility index (Phi) is 13.4. The Morgan fingerprint density at radius 2 is 1.81 bits per heavy atom. The molecule has 1 aliphatic carbocycles. The molecule has 0 aromatic rings. The molecule has 0 unspecified atom stereocenters. The Morgan fingerprint density at radius 3 is 2.19 bits per heavy atom. The lowest BCUT2D eigenvalue weighted by molar-refractivity contribution is 0.942. The quantitative estimate of drug-likeness (QED) is 0.580. The van der Waals surface area contributed by atoms with E-state index in [0.29, 0.717) is 0 Å². The second-order valence-electron chi connectivity index (χ2n) is 3.60. The van der Waals surface area contributed by atoms with Gasteiger partial charge in [-0.1, -0.05) is 46.8 Å². The van der Waals surface area contributed by atoms with Crippen molar-refractivity contribution < 1.29 is 0 Å². The molecule has 0 spiro atoms. The standard InChI is InChI=1S/C10H15N.C3H8.C2H6/c1-4-8(2)9-6-5-7-10(9)11-3;1-3-2;1-2/h4H,1,5-7H2,2-3H3;3H2,1-2H3;1-2H3/b9-8-,11-10?;;. The number of aliphatic imine (C=N–C) groups is 1. The minimum absolute atomic E-state index is 1.15. The van der Waals surface area contributed by atoms with Crippen molar-refractivity contribution in [1.29, 1.82) is 0 Å². The first-order valence-corrected chi connectivity index (χ1v) is 6.49. The van der Waals surface area contributed by atoms with E-state index in [-0.39, 0.29) is 0 Å². The molecule has 0 bridgehead atoms. The molecular formula is C15H29N. The summed E-state index contributed by atoms with van der Waals surface area (Å²) in [6.07, 6.45) is 6.76. The number of rotatable bonds is 1. The molecule has 1 fully saturated rings. The molecule has 0 aromatic carbocycles. The molecule has 94 valence electrons. The first kappa shape index (κ1) is 17.5. The van der Waals surface area contributed by atoms with Crippen LogP contribution in [0.1, 0.15) is 60.3 Å². The summed E-state index contributed by atoms with van der Waals surface area (Å²) < 4.78 is 0. The van der Waals surface area contributed by atoms with Crippen LogP contribution in [0.2, 0.25) is 0 Å². The maximum atomic E-state index is 4.25. The molecule has 16 heavy (non-hydrogen) atoms. The van der Waals surface area contributed by atoms with Crippen LogP contribution in [0.5, 0.6) is 0 Å². The van der Waals surface area contributed by atoms with Crippen molar-refractivity contribution in [3.05, 3.63) is 23.8 Å². The smallest absolute Gasteiger partial charge is 0.0379 e. The lowest BCUT2D eigenvalue weighted by Gasteiger charge is -2.00. The number of hydrogen-bond acceptors (Lipinski definition) is 1. The molecule has 1 aliphatic rings. The highest BCUT2D eigenvalue weighted by Gasteiger charge is 2.15. The molecule has 0 N–H and O–H groups in total. The van der Waals surface area contributed by atoms with Gasteiger partial charge in [-0.15, -0.1) is 0 Å². The zero-order chi connectivity index (χ0) is 13.0. The van der Waals surface area contributed by atoms with Crippen LogP contribution in [0.15, 0.2) is 28.8 Å². The summed E-state index contributed by atoms with van der Waals surface area (Å²) in [7, 11) is 1.87. The first-order valence-electron chi connectivity index (χ1n) is 6.49. The fourth-order valence-electron chi connectivity index (χ4n) is 1.52. The fourth-order valence-corrected chi connectivity index (χ4v) is 1.52. The van der Waals surface area contributed by atoms with E-state index in [1.165, 1.54) is 36.1 Å². The molecule has 0 heterocycles. The average molecular weight is 223 g/mol. The topological polar surface area (TPSA) is 12.4 Å². The maximum absolute atomic E-state index is 4.25. The largest absolute Gasteiger partial charge is 0.293 e. The summed E-state index contributed by atoms with van der Waals surface area (Å²) in [6, 6.07) is 0. The predicted octanol–water partition coefficient (Wildman–Crippen LogP) is 5.19. The Balaban J connectivity index is 0. The van der Waals surface area contributed by atoms with Crippen molar-refractivity contribution in [3.8, 4) is 0 Å². The number of nitrogens with zero attached hydrogens (tertiary/aromatic N) is 1. The second-order valence-corrected chi connectivity index (χ2v) is 3.60. The van der Waals surface area contributed by atoms with Gasteiger partial charge in [-0.3, -0.25) is 4.99 Å². The molecule has 0 radical (unpaired) electrons. The van der Waals surface area contributed by atoms with Crippen LogP contribution in [-0.2, 0) is 0 Å². The SMILES string of the molecule is C=C/C(C)=C1/CCCC1=NC.CC.CCC. The van der Waals surface area contributed by atoms with Gasteiger partial charge in [0.2, 0.25) is 0 Å². The van der Waals surface area contributed by atoms with Gasteiger partial charge in [0, 0.05) is 12.8 Å². The van der Waals surface area contributed by atoms with Gasteiger partial charge in [0.1, 0.15) is 0 Å². The highest BCUT2D eigenvalue weighted by Crippen LogP contribution is 2.24. The Morgan fingerprint density at radius 1 is 1.31 bits per heavy atom. The van der Waals surface area contributed by atoms with Crippen LogP contribution >= 0.6 is 0 Å². The summed E-state index contributed by atoms with van der Waals surface area (Å²) in [5, 5.41) is 0. The lowest BCUT2D eigenvalue weighted by atomic mass is 10.1. The van der Waals surface area contributed by atoms with Gasteiger partial charge >= 0.3 is 0 Å². The van der Waals surface area contributed by atoms with Crippen molar-refractivity contribution >= 4 is 5.71 Å². The average Bonchev–Trinajstić information content (AvgIpc) is 2.80. The van der Waals surface area contributed by atoms with Crippen LogP contribution < -0.4 is 0 Å². The molecule has 0 atom stereocenters. The first-order chi connectivity index (χ1) is 7.71. The van der Waals surface area contributed by atoms with Gasteiger partial charge < -0.3 is 0 Å². The highest BCUT2D eigenvalue weighted by atomic mass is 14.7. The molecule has 0 aromatic heterocycles. The van der Waals surface area contributed by atoms with E-state index in [1.807, 2.05) is 27.0 Å². The molecule has 0 aliphatic heterocycles. The Bertz CT molecular complexity index is 234. The summed E-state index contributed by atoms with van der Waals surface area (Å²) in [5.74, 6) is 0. The third-order valence-corrected chi connectivity index (χ3v) is 2.24. The van der Waals surface area contributed by atoms with Crippen LogP contribution in [-0.4, -0.2) is 12.8 Å². The van der Waals surface area contributed by atoms with Crippen molar-refractivity contribution in [2.24, 2.45) is 4.99 Å². The molecule has 0 amide bonds. The van der Waals surface area contributed by atoms with Crippen LogP contribution in [0.25, 0.3) is 0 Å². The van der Waals surface area contributed by atoms with Gasteiger partial charge in [0.25, 0.3) is 0 Å². The van der Waals surface area contributed by atoms with Gasteiger partial charge in [0.05, 0.1) is 0 Å². The molecule has 0 saturated heterocycles. The number of hydrogen-bond donors (Lipinski definition) is 0. The molecular weight excluding hydrogens is 194 g/mol. The van der Waals surface area contributed by atoms with Gasteiger partial charge in [-0.25, -0.2) is 0 Å². The molecule has 1 saturated carbocycles. The maximum Gasteiger partial charge on any atom is 0.0379 e. The van der Waals surface area contributed by atoms with Crippen molar-refractivity contribution in [2.45, 2.75) is 60.3 Å². The molecule has 1 heteroatoms. The van der Waals surface area contributed by atoms with Crippen LogP contribution in [0, 0.1) is 0 Å². The number of allylic oxidation sites excluding steroid dienone is 3. The van der Waals surface area contributed by atoms with E-state index in [4.69, 9.17) is 0 Å². The summed E-state index contributed by atoms with van der Waals surface area (Å²) in [4.78, 5) is 4.25. The zero-order valence-corrected chi connectivity index (χ0v) is 12.1. The predicted molar refractivity (Wildman–Crippen MR) is 77.4 cm³/mol. The van der Waals surface area contributed by atoms with E-state index in [9.17, 15) is 0 Å². The van der Waals surface area contributed by atoms with E-state index in [1.54, 1.807) is 0 Å². The van der Waals surface area contributed by atoms with E-state index in [0.717, 1.165) is 6.42 Å². The summed E-state index contributed by atoms with van der Waals surface area (Å²) in [6.45, 7) is 14.1. The minimum Gasteiger partial charge on any atom is -0.293 e. The summed E-state index contributed by atoms with van der Waals surface area (Å²) in [5.41, 5.74) is 3.99. The fraction of sp³-hybridized carbons (Fsp3) is 0.667. The normalized spacial score (nSPS) is 19.2. The Hall–Kier alpha value is -0.850. The van der Waals surface area contributed by atoms with E-state index in [2.05, 4.69) is 32.3 Å². The van der Waals surface area contributed by atoms with Gasteiger partial charge in [0.15, 0.2) is 0 Å². The van der Waals surface area contributed by atoms with Crippen LogP contribution in [0.3, 0.4) is 0 Å².